The molecule has 0 aliphatic heterocycles. The fourth-order valence-corrected chi connectivity index (χ4v) is 2.90. The van der Waals surface area contributed by atoms with Crippen molar-refractivity contribution in [1.29, 1.82) is 0 Å². The minimum absolute atomic E-state index is 0.0927. The Morgan fingerprint density at radius 1 is 1.45 bits per heavy atom. The van der Waals surface area contributed by atoms with Crippen LogP contribution in [0, 0.1) is 11.8 Å². The molecule has 110 valence electrons. The molecule has 0 spiro atoms. The predicted octanol–water partition coefficient (Wildman–Crippen LogP) is 2.08. The molecule has 1 aliphatic carbocycles. The van der Waals surface area contributed by atoms with Crippen LogP contribution >= 0.6 is 0 Å². The molecular weight excluding hydrogens is 252 g/mol. The normalized spacial score (nSPS) is 21.7. The molecule has 20 heavy (non-hydrogen) atoms. The van der Waals surface area contributed by atoms with Crippen molar-refractivity contribution in [2.24, 2.45) is 17.6 Å². The fourth-order valence-electron chi connectivity index (χ4n) is 2.90. The first-order valence-electron chi connectivity index (χ1n) is 7.44. The van der Waals surface area contributed by atoms with Gasteiger partial charge in [-0.25, -0.2) is 0 Å². The highest BCUT2D eigenvalue weighted by atomic mass is 16.5. The van der Waals surface area contributed by atoms with Gasteiger partial charge in [0.1, 0.15) is 5.75 Å². The maximum Gasteiger partial charge on any atom is 0.223 e. The van der Waals surface area contributed by atoms with Crippen LogP contribution in [0.3, 0.4) is 0 Å². The van der Waals surface area contributed by atoms with Crippen LogP contribution in [0.1, 0.15) is 31.7 Å². The van der Waals surface area contributed by atoms with Gasteiger partial charge in [0.15, 0.2) is 0 Å². The lowest BCUT2D eigenvalue weighted by atomic mass is 9.95. The Bertz CT molecular complexity index is 448. The fraction of sp³-hybridized carbons (Fsp3) is 0.562. The summed E-state index contributed by atoms with van der Waals surface area (Å²) in [6.07, 6.45) is 3.15. The van der Waals surface area contributed by atoms with Crippen LogP contribution in [0.15, 0.2) is 24.3 Å². The number of nitrogens with one attached hydrogen (secondary N) is 1. The molecule has 1 aromatic rings. The van der Waals surface area contributed by atoms with Gasteiger partial charge in [0.05, 0.1) is 6.61 Å². The van der Waals surface area contributed by atoms with Crippen LogP contribution < -0.4 is 15.8 Å². The van der Waals surface area contributed by atoms with E-state index in [0.29, 0.717) is 25.6 Å². The highest BCUT2D eigenvalue weighted by Crippen LogP contribution is 2.31. The Labute approximate surface area is 120 Å². The average molecular weight is 276 g/mol. The molecule has 2 rings (SSSR count). The third-order valence-corrected chi connectivity index (χ3v) is 3.97. The van der Waals surface area contributed by atoms with Crippen LogP contribution in [-0.2, 0) is 11.3 Å². The molecule has 4 nitrogen and oxygen atoms in total. The van der Waals surface area contributed by atoms with Crippen molar-refractivity contribution < 1.29 is 9.53 Å². The van der Waals surface area contributed by atoms with E-state index in [1.807, 2.05) is 31.2 Å². The largest absolute Gasteiger partial charge is 0.494 e. The van der Waals surface area contributed by atoms with Gasteiger partial charge >= 0.3 is 0 Å². The van der Waals surface area contributed by atoms with Crippen molar-refractivity contribution in [3.05, 3.63) is 29.8 Å². The van der Waals surface area contributed by atoms with Crippen LogP contribution in [0.4, 0.5) is 0 Å². The number of amides is 1. The Hall–Kier alpha value is -1.55. The molecule has 1 saturated carbocycles. The second kappa shape index (κ2) is 7.29. The number of rotatable bonds is 6. The van der Waals surface area contributed by atoms with E-state index in [-0.39, 0.29) is 11.8 Å². The van der Waals surface area contributed by atoms with Gasteiger partial charge in [-0.05, 0) is 49.9 Å². The van der Waals surface area contributed by atoms with Crippen LogP contribution in [0.5, 0.6) is 5.75 Å². The van der Waals surface area contributed by atoms with Gasteiger partial charge in [-0.1, -0.05) is 18.6 Å². The van der Waals surface area contributed by atoms with Gasteiger partial charge < -0.3 is 15.8 Å². The van der Waals surface area contributed by atoms with Gasteiger partial charge in [0, 0.05) is 12.5 Å². The Balaban J connectivity index is 1.88. The number of hydrogen-bond donors (Lipinski definition) is 2. The minimum Gasteiger partial charge on any atom is -0.494 e. The third kappa shape index (κ3) is 3.73. The molecule has 0 bridgehead atoms. The summed E-state index contributed by atoms with van der Waals surface area (Å²) in [7, 11) is 0. The molecule has 0 aromatic heterocycles. The zero-order valence-electron chi connectivity index (χ0n) is 12.1. The van der Waals surface area contributed by atoms with Crippen molar-refractivity contribution in [2.45, 2.75) is 32.7 Å². The Morgan fingerprint density at radius 2 is 2.30 bits per heavy atom. The van der Waals surface area contributed by atoms with Gasteiger partial charge in [-0.3, -0.25) is 4.79 Å². The van der Waals surface area contributed by atoms with Gasteiger partial charge in [-0.15, -0.1) is 0 Å². The third-order valence-electron chi connectivity index (χ3n) is 3.97. The van der Waals surface area contributed by atoms with E-state index in [9.17, 15) is 4.79 Å². The maximum absolute atomic E-state index is 12.2. The van der Waals surface area contributed by atoms with Crippen LogP contribution in [0.2, 0.25) is 0 Å². The molecule has 0 radical (unpaired) electrons. The highest BCUT2D eigenvalue weighted by molar-refractivity contribution is 5.79. The summed E-state index contributed by atoms with van der Waals surface area (Å²) < 4.78 is 5.46. The zero-order valence-corrected chi connectivity index (χ0v) is 12.1. The second-order valence-electron chi connectivity index (χ2n) is 5.33. The van der Waals surface area contributed by atoms with E-state index >= 15 is 0 Å². The number of hydrogen-bond acceptors (Lipinski definition) is 3. The molecule has 0 heterocycles. The molecule has 1 fully saturated rings. The van der Waals surface area contributed by atoms with E-state index in [1.54, 1.807) is 0 Å². The summed E-state index contributed by atoms with van der Waals surface area (Å²) in [6, 6.07) is 7.84. The Morgan fingerprint density at radius 3 is 3.05 bits per heavy atom. The lowest BCUT2D eigenvalue weighted by molar-refractivity contribution is -0.126. The lowest BCUT2D eigenvalue weighted by Crippen LogP contribution is -2.34. The van der Waals surface area contributed by atoms with Crippen LogP contribution in [-0.4, -0.2) is 19.1 Å². The molecule has 2 unspecified atom stereocenters. The zero-order chi connectivity index (χ0) is 14.4. The first-order chi connectivity index (χ1) is 9.74. The van der Waals surface area contributed by atoms with Crippen molar-refractivity contribution in [3.63, 3.8) is 0 Å². The Kier molecular flexibility index (Phi) is 5.41. The van der Waals surface area contributed by atoms with Crippen molar-refractivity contribution in [3.8, 4) is 5.75 Å². The molecule has 1 aromatic carbocycles. The number of nitrogens with two attached hydrogens (primary N) is 1. The predicted molar refractivity (Wildman–Crippen MR) is 79.3 cm³/mol. The first kappa shape index (κ1) is 14.9. The highest BCUT2D eigenvalue weighted by Gasteiger charge is 2.31. The maximum atomic E-state index is 12.2. The van der Waals surface area contributed by atoms with E-state index in [0.717, 1.165) is 30.6 Å². The summed E-state index contributed by atoms with van der Waals surface area (Å²) in [5.41, 5.74) is 6.79. The smallest absolute Gasteiger partial charge is 0.223 e. The summed E-state index contributed by atoms with van der Waals surface area (Å²) >= 11 is 0. The van der Waals surface area contributed by atoms with Gasteiger partial charge in [0.25, 0.3) is 0 Å². The second-order valence-corrected chi connectivity index (χ2v) is 5.33. The number of ether oxygens (including phenoxy) is 1. The summed E-state index contributed by atoms with van der Waals surface area (Å²) in [5, 5.41) is 3.02. The molecule has 1 amide bonds. The number of carbonyl (C=O) groups excluding carboxylic acids is 1. The molecule has 2 atom stereocenters. The average Bonchev–Trinajstić information content (AvgIpc) is 2.94. The van der Waals surface area contributed by atoms with Crippen molar-refractivity contribution >= 4 is 5.91 Å². The van der Waals surface area contributed by atoms with Crippen molar-refractivity contribution in [2.75, 3.05) is 13.2 Å². The van der Waals surface area contributed by atoms with Crippen molar-refractivity contribution in [1.82, 2.24) is 5.32 Å². The van der Waals surface area contributed by atoms with Gasteiger partial charge in [-0.2, -0.15) is 0 Å². The first-order valence-corrected chi connectivity index (χ1v) is 7.44. The topological polar surface area (TPSA) is 64.3 Å². The summed E-state index contributed by atoms with van der Waals surface area (Å²) in [5.74, 6) is 1.43. The SMILES string of the molecule is CCOc1cccc(CNC(=O)C2CCCC2CN)c1. The standard InChI is InChI=1S/C16H24N2O2/c1-2-20-14-7-3-5-12(9-14)11-18-16(19)15-8-4-6-13(15)10-17/h3,5,7,9,13,15H,2,4,6,8,10-11,17H2,1H3,(H,18,19). The molecule has 4 heteroatoms. The van der Waals surface area contributed by atoms with Gasteiger partial charge in [0.2, 0.25) is 5.91 Å². The van der Waals surface area contributed by atoms with Crippen LogP contribution in [0.25, 0.3) is 0 Å². The molecule has 1 aliphatic rings. The lowest BCUT2D eigenvalue weighted by Gasteiger charge is -2.17. The number of carbonyl (C=O) groups is 1. The molecular formula is C16H24N2O2. The van der Waals surface area contributed by atoms with E-state index in [2.05, 4.69) is 5.32 Å². The quantitative estimate of drug-likeness (QED) is 0.836. The molecule has 0 saturated heterocycles. The minimum atomic E-state index is 0.0927. The summed E-state index contributed by atoms with van der Waals surface area (Å²) in [6.45, 7) is 3.77. The van der Waals surface area contributed by atoms with E-state index < -0.39 is 0 Å². The van der Waals surface area contributed by atoms with E-state index in [1.165, 1.54) is 0 Å². The monoisotopic (exact) mass is 276 g/mol. The molecule has 3 N–H and O–H groups in total. The summed E-state index contributed by atoms with van der Waals surface area (Å²) in [4.78, 5) is 12.2. The number of benzene rings is 1. The van der Waals surface area contributed by atoms with E-state index in [4.69, 9.17) is 10.5 Å².